The maximum atomic E-state index is 12.7. The van der Waals surface area contributed by atoms with Crippen molar-refractivity contribution in [3.05, 3.63) is 101 Å². The normalized spacial score (nSPS) is 12.1. The molecule has 9 nitrogen and oxygen atoms in total. The Hall–Kier alpha value is -5.15. The molecule has 9 heteroatoms. The van der Waals surface area contributed by atoms with Crippen molar-refractivity contribution in [1.29, 1.82) is 0 Å². The summed E-state index contributed by atoms with van der Waals surface area (Å²) in [4.78, 5) is 12.7. The Morgan fingerprint density at radius 1 is 0.844 bits per heavy atom. The van der Waals surface area contributed by atoms with Crippen LogP contribution in [0.2, 0.25) is 0 Å². The average molecular weight is 613 g/mol. The van der Waals surface area contributed by atoms with Crippen LogP contribution in [-0.4, -0.2) is 43.8 Å². The number of aliphatic hydroxyl groups excluding tert-OH is 1. The Morgan fingerprint density at radius 3 is 2.33 bits per heavy atom. The van der Waals surface area contributed by atoms with Crippen LogP contribution in [0.15, 0.2) is 78.4 Å². The van der Waals surface area contributed by atoms with E-state index >= 15 is 0 Å². The van der Waals surface area contributed by atoms with Crippen LogP contribution >= 0.6 is 0 Å². The number of rotatable bonds is 14. The molecule has 45 heavy (non-hydrogen) atoms. The number of carbonyl (C=O) groups is 1. The van der Waals surface area contributed by atoms with Gasteiger partial charge in [0, 0.05) is 40.8 Å². The van der Waals surface area contributed by atoms with Crippen molar-refractivity contribution in [2.45, 2.75) is 33.0 Å². The third kappa shape index (κ3) is 7.16. The van der Waals surface area contributed by atoms with Gasteiger partial charge in [-0.2, -0.15) is 0 Å². The number of ether oxygens (including phenoxy) is 6. The molecule has 0 saturated heterocycles. The molecule has 0 bridgehead atoms. The minimum Gasteiger partial charge on any atom is -0.497 e. The summed E-state index contributed by atoms with van der Waals surface area (Å²) < 4.78 is 34.6. The van der Waals surface area contributed by atoms with Gasteiger partial charge in [0.2, 0.25) is 6.79 Å². The Labute approximate surface area is 262 Å². The van der Waals surface area contributed by atoms with Gasteiger partial charge in [-0.25, -0.2) is 4.79 Å². The maximum Gasteiger partial charge on any atom is 0.331 e. The van der Waals surface area contributed by atoms with Gasteiger partial charge in [-0.05, 0) is 53.5 Å². The number of carboxylic acid groups (broad SMARTS) is 1. The Morgan fingerprint density at radius 2 is 1.62 bits per heavy atom. The topological polar surface area (TPSA) is 113 Å². The van der Waals surface area contributed by atoms with Gasteiger partial charge in [0.15, 0.2) is 11.5 Å². The van der Waals surface area contributed by atoms with Crippen LogP contribution in [0, 0.1) is 0 Å². The minimum atomic E-state index is -1.08. The number of hydrogen-bond donors (Lipinski definition) is 2. The van der Waals surface area contributed by atoms with E-state index in [0.29, 0.717) is 63.4 Å². The zero-order valence-corrected chi connectivity index (χ0v) is 25.5. The average Bonchev–Trinajstić information content (AvgIpc) is 3.53. The van der Waals surface area contributed by atoms with Crippen molar-refractivity contribution >= 4 is 12.0 Å². The highest BCUT2D eigenvalue weighted by Crippen LogP contribution is 2.43. The fourth-order valence-corrected chi connectivity index (χ4v) is 5.13. The molecule has 0 aromatic heterocycles. The number of fused-ring (bicyclic) bond motifs is 1. The first kappa shape index (κ1) is 31.3. The van der Waals surface area contributed by atoms with Gasteiger partial charge in [0.1, 0.15) is 29.6 Å². The van der Waals surface area contributed by atoms with Crippen molar-refractivity contribution in [2.24, 2.45) is 0 Å². The number of aliphatic hydroxyl groups is 1. The number of benzene rings is 4. The van der Waals surface area contributed by atoms with Crippen LogP contribution < -0.4 is 28.4 Å². The third-order valence-corrected chi connectivity index (χ3v) is 7.41. The SMILES string of the molecule is CCCOc1cccc(/C=C(\Cc2cc3c(cc2OC)OCO3)C(=O)O)c1-c1ccc(OC)cc1OCc1ccccc1CO. The highest BCUT2D eigenvalue weighted by molar-refractivity contribution is 5.95. The van der Waals surface area contributed by atoms with Crippen molar-refractivity contribution in [1.82, 2.24) is 0 Å². The summed E-state index contributed by atoms with van der Waals surface area (Å²) in [5.74, 6) is 2.20. The molecule has 0 amide bonds. The molecule has 2 N–H and O–H groups in total. The van der Waals surface area contributed by atoms with Crippen LogP contribution in [0.1, 0.15) is 35.6 Å². The van der Waals surface area contributed by atoms with Crippen molar-refractivity contribution in [2.75, 3.05) is 27.6 Å². The molecule has 4 aromatic rings. The van der Waals surface area contributed by atoms with Gasteiger partial charge >= 0.3 is 5.97 Å². The lowest BCUT2D eigenvalue weighted by Crippen LogP contribution is -2.06. The van der Waals surface area contributed by atoms with E-state index in [1.54, 1.807) is 31.4 Å². The second kappa shape index (κ2) is 14.5. The first-order chi connectivity index (χ1) is 21.9. The van der Waals surface area contributed by atoms with Gasteiger partial charge in [-0.1, -0.05) is 43.3 Å². The van der Waals surface area contributed by atoms with E-state index in [9.17, 15) is 15.0 Å². The summed E-state index contributed by atoms with van der Waals surface area (Å²) in [6.45, 7) is 2.67. The lowest BCUT2D eigenvalue weighted by Gasteiger charge is -2.19. The van der Waals surface area contributed by atoms with Crippen molar-refractivity contribution in [3.63, 3.8) is 0 Å². The van der Waals surface area contributed by atoms with Gasteiger partial charge in [-0.15, -0.1) is 0 Å². The smallest absolute Gasteiger partial charge is 0.331 e. The molecule has 0 fully saturated rings. The van der Waals surface area contributed by atoms with Gasteiger partial charge in [0.05, 0.1) is 27.4 Å². The number of aliphatic carboxylic acids is 1. The number of hydrogen-bond acceptors (Lipinski definition) is 8. The monoisotopic (exact) mass is 612 g/mol. The van der Waals surface area contributed by atoms with E-state index in [1.165, 1.54) is 7.11 Å². The Balaban J connectivity index is 1.61. The molecule has 1 aliphatic heterocycles. The highest BCUT2D eigenvalue weighted by Gasteiger charge is 2.22. The summed E-state index contributed by atoms with van der Waals surface area (Å²) in [7, 11) is 3.11. The predicted octanol–water partition coefficient (Wildman–Crippen LogP) is 6.67. The standard InChI is InChI=1S/C36H36O9/c1-4-14-42-30-11-7-10-23(15-27(36(38)39)16-26-17-33-34(45-22-44-33)19-31(26)41-3)35(30)29-13-12-28(40-2)18-32(29)43-21-25-9-6-5-8-24(25)20-37/h5-13,15,17-19,37H,4,14,16,20-22H2,1-3H3,(H,38,39)/b27-15+. The van der Waals surface area contributed by atoms with Crippen molar-refractivity contribution in [3.8, 4) is 45.6 Å². The van der Waals surface area contributed by atoms with Crippen LogP contribution in [0.25, 0.3) is 17.2 Å². The van der Waals surface area contributed by atoms with E-state index < -0.39 is 5.97 Å². The zero-order chi connectivity index (χ0) is 31.8. The molecule has 0 saturated carbocycles. The van der Waals surface area contributed by atoms with E-state index in [1.807, 2.05) is 61.5 Å². The van der Waals surface area contributed by atoms with Crippen LogP contribution in [0.3, 0.4) is 0 Å². The quantitative estimate of drug-likeness (QED) is 0.151. The molecule has 1 aliphatic rings. The van der Waals surface area contributed by atoms with Crippen molar-refractivity contribution < 1.29 is 43.4 Å². The third-order valence-electron chi connectivity index (χ3n) is 7.41. The Kier molecular flexibility index (Phi) is 10.1. The molecule has 0 unspecified atom stereocenters. The second-order valence-corrected chi connectivity index (χ2v) is 10.3. The zero-order valence-electron chi connectivity index (χ0n) is 25.5. The van der Waals surface area contributed by atoms with E-state index in [2.05, 4.69) is 0 Å². The fourth-order valence-electron chi connectivity index (χ4n) is 5.13. The van der Waals surface area contributed by atoms with Crippen LogP contribution in [-0.2, 0) is 24.4 Å². The molecule has 0 aliphatic carbocycles. The van der Waals surface area contributed by atoms with E-state index in [0.717, 1.165) is 17.5 Å². The second-order valence-electron chi connectivity index (χ2n) is 10.3. The lowest BCUT2D eigenvalue weighted by atomic mass is 9.94. The Bertz CT molecular complexity index is 1690. The van der Waals surface area contributed by atoms with Gasteiger partial charge in [-0.3, -0.25) is 0 Å². The van der Waals surface area contributed by atoms with E-state index in [-0.39, 0.29) is 32.0 Å². The van der Waals surface area contributed by atoms with Gasteiger partial charge in [0.25, 0.3) is 0 Å². The summed E-state index contributed by atoms with van der Waals surface area (Å²) in [6.07, 6.45) is 2.50. The molecule has 0 atom stereocenters. The molecule has 5 rings (SSSR count). The predicted molar refractivity (Wildman–Crippen MR) is 169 cm³/mol. The first-order valence-corrected chi connectivity index (χ1v) is 14.6. The molecule has 1 heterocycles. The maximum absolute atomic E-state index is 12.7. The van der Waals surface area contributed by atoms with E-state index in [4.69, 9.17) is 28.4 Å². The summed E-state index contributed by atoms with van der Waals surface area (Å²) in [5.41, 5.74) is 4.39. The summed E-state index contributed by atoms with van der Waals surface area (Å²) in [5, 5.41) is 20.2. The summed E-state index contributed by atoms with van der Waals surface area (Å²) >= 11 is 0. The first-order valence-electron chi connectivity index (χ1n) is 14.6. The molecule has 0 radical (unpaired) electrons. The molecular formula is C36H36O9. The number of carboxylic acids is 1. The molecule has 234 valence electrons. The molecule has 4 aromatic carbocycles. The lowest BCUT2D eigenvalue weighted by molar-refractivity contribution is -0.132. The molecule has 0 spiro atoms. The minimum absolute atomic E-state index is 0.0680. The number of methoxy groups -OCH3 is 2. The van der Waals surface area contributed by atoms with Crippen LogP contribution in [0.4, 0.5) is 0 Å². The largest absolute Gasteiger partial charge is 0.497 e. The molecular weight excluding hydrogens is 576 g/mol. The fraction of sp³-hybridized carbons (Fsp3) is 0.250. The highest BCUT2D eigenvalue weighted by atomic mass is 16.7. The van der Waals surface area contributed by atoms with Crippen LogP contribution in [0.5, 0.6) is 34.5 Å². The van der Waals surface area contributed by atoms with Gasteiger partial charge < -0.3 is 38.6 Å². The summed E-state index contributed by atoms with van der Waals surface area (Å²) in [6, 6.07) is 22.0.